The molecular formula is C19H22N2O3. The Kier molecular flexibility index (Phi) is 4.99. The molecule has 0 bridgehead atoms. The van der Waals surface area contributed by atoms with Gasteiger partial charge >= 0.3 is 5.97 Å². The van der Waals surface area contributed by atoms with Gasteiger partial charge in [0.15, 0.2) is 5.69 Å². The summed E-state index contributed by atoms with van der Waals surface area (Å²) in [5.41, 5.74) is 1.28. The number of pyridine rings is 1. The summed E-state index contributed by atoms with van der Waals surface area (Å²) in [4.78, 5) is 17.5. The maximum atomic E-state index is 11.1. The Morgan fingerprint density at radius 3 is 2.96 bits per heavy atom. The maximum Gasteiger partial charge on any atom is 0.354 e. The van der Waals surface area contributed by atoms with Crippen LogP contribution in [0.15, 0.2) is 42.5 Å². The summed E-state index contributed by atoms with van der Waals surface area (Å²) < 4.78 is 5.93. The van der Waals surface area contributed by atoms with Gasteiger partial charge in [-0.3, -0.25) is 0 Å². The van der Waals surface area contributed by atoms with Crippen molar-refractivity contribution in [1.29, 1.82) is 0 Å². The van der Waals surface area contributed by atoms with E-state index < -0.39 is 5.97 Å². The number of ether oxygens (including phenoxy) is 1. The number of carboxylic acids is 1. The van der Waals surface area contributed by atoms with Crippen LogP contribution in [0.25, 0.3) is 0 Å². The van der Waals surface area contributed by atoms with Crippen LogP contribution in [-0.2, 0) is 0 Å². The lowest BCUT2D eigenvalue weighted by Crippen LogP contribution is -2.38. The van der Waals surface area contributed by atoms with Crippen molar-refractivity contribution in [3.63, 3.8) is 0 Å². The van der Waals surface area contributed by atoms with E-state index in [-0.39, 0.29) is 5.69 Å². The SMILES string of the molecule is Cc1cccc(OC[C@@H]2CCCN(c3cccc(C(=O)O)n3)C2)c1. The zero-order valence-electron chi connectivity index (χ0n) is 13.8. The molecule has 1 aliphatic heterocycles. The number of hydrogen-bond acceptors (Lipinski definition) is 4. The van der Waals surface area contributed by atoms with Crippen molar-refractivity contribution in [3.8, 4) is 5.75 Å². The van der Waals surface area contributed by atoms with E-state index >= 15 is 0 Å². The van der Waals surface area contributed by atoms with Crippen molar-refractivity contribution in [3.05, 3.63) is 53.7 Å². The predicted molar refractivity (Wildman–Crippen MR) is 92.8 cm³/mol. The smallest absolute Gasteiger partial charge is 0.354 e. The molecule has 3 rings (SSSR count). The Hall–Kier alpha value is -2.56. The van der Waals surface area contributed by atoms with Gasteiger partial charge in [0, 0.05) is 19.0 Å². The molecule has 0 radical (unpaired) electrons. The molecule has 2 heterocycles. The van der Waals surface area contributed by atoms with Crippen LogP contribution < -0.4 is 9.64 Å². The molecule has 1 N–H and O–H groups in total. The van der Waals surface area contributed by atoms with Gasteiger partial charge in [0.1, 0.15) is 11.6 Å². The number of aromatic nitrogens is 1. The van der Waals surface area contributed by atoms with Crippen LogP contribution in [-0.4, -0.2) is 35.8 Å². The quantitative estimate of drug-likeness (QED) is 0.912. The summed E-state index contributed by atoms with van der Waals surface area (Å²) in [6, 6.07) is 13.2. The van der Waals surface area contributed by atoms with Crippen LogP contribution in [0.3, 0.4) is 0 Å². The van der Waals surface area contributed by atoms with Gasteiger partial charge in [-0.15, -0.1) is 0 Å². The third-order valence-corrected chi connectivity index (χ3v) is 4.27. The lowest BCUT2D eigenvalue weighted by molar-refractivity contribution is 0.0690. The van der Waals surface area contributed by atoms with Crippen LogP contribution >= 0.6 is 0 Å². The number of benzene rings is 1. The number of carboxylic acid groups (broad SMARTS) is 1. The first-order valence-corrected chi connectivity index (χ1v) is 8.26. The van der Waals surface area contributed by atoms with Crippen LogP contribution in [0.1, 0.15) is 28.9 Å². The highest BCUT2D eigenvalue weighted by molar-refractivity contribution is 5.85. The van der Waals surface area contributed by atoms with Gasteiger partial charge < -0.3 is 14.7 Å². The van der Waals surface area contributed by atoms with Crippen molar-refractivity contribution in [2.24, 2.45) is 5.92 Å². The highest BCUT2D eigenvalue weighted by atomic mass is 16.5. The summed E-state index contributed by atoms with van der Waals surface area (Å²) in [5.74, 6) is 1.05. The zero-order valence-corrected chi connectivity index (χ0v) is 13.8. The summed E-state index contributed by atoms with van der Waals surface area (Å²) in [5, 5.41) is 9.09. The molecule has 0 amide bonds. The summed E-state index contributed by atoms with van der Waals surface area (Å²) in [6.45, 7) is 4.45. The Labute approximate surface area is 141 Å². The van der Waals surface area contributed by atoms with Gasteiger partial charge in [-0.2, -0.15) is 0 Å². The molecule has 1 aromatic carbocycles. The molecule has 1 fully saturated rings. The number of aryl methyl sites for hydroxylation is 1. The van der Waals surface area contributed by atoms with E-state index in [2.05, 4.69) is 22.9 Å². The molecule has 126 valence electrons. The fraction of sp³-hybridized carbons (Fsp3) is 0.368. The van der Waals surface area contributed by atoms with E-state index in [1.165, 1.54) is 11.6 Å². The van der Waals surface area contributed by atoms with Crippen LogP contribution in [0.5, 0.6) is 5.75 Å². The van der Waals surface area contributed by atoms with Crippen molar-refractivity contribution in [2.45, 2.75) is 19.8 Å². The lowest BCUT2D eigenvalue weighted by atomic mass is 9.99. The van der Waals surface area contributed by atoms with Gasteiger partial charge in [-0.05, 0) is 49.6 Å². The first-order chi connectivity index (χ1) is 11.6. The van der Waals surface area contributed by atoms with Crippen molar-refractivity contribution >= 4 is 11.8 Å². The molecule has 1 atom stereocenters. The molecule has 1 aliphatic rings. The molecule has 1 aromatic heterocycles. The second kappa shape index (κ2) is 7.34. The first kappa shape index (κ1) is 16.3. The van der Waals surface area contributed by atoms with Gasteiger partial charge in [-0.1, -0.05) is 18.2 Å². The number of aromatic carboxylic acids is 1. The number of anilines is 1. The van der Waals surface area contributed by atoms with E-state index in [1.807, 2.05) is 24.3 Å². The molecule has 0 spiro atoms. The van der Waals surface area contributed by atoms with Crippen molar-refractivity contribution in [1.82, 2.24) is 4.98 Å². The highest BCUT2D eigenvalue weighted by Gasteiger charge is 2.22. The summed E-state index contributed by atoms with van der Waals surface area (Å²) in [6.07, 6.45) is 2.17. The van der Waals surface area contributed by atoms with Crippen molar-refractivity contribution in [2.75, 3.05) is 24.6 Å². The average molecular weight is 326 g/mol. The minimum Gasteiger partial charge on any atom is -0.493 e. The second-order valence-corrected chi connectivity index (χ2v) is 6.27. The molecule has 1 saturated heterocycles. The fourth-order valence-corrected chi connectivity index (χ4v) is 3.05. The van der Waals surface area contributed by atoms with Gasteiger partial charge in [0.25, 0.3) is 0 Å². The van der Waals surface area contributed by atoms with Crippen LogP contribution in [0.2, 0.25) is 0 Å². The van der Waals surface area contributed by atoms with Gasteiger partial charge in [-0.25, -0.2) is 9.78 Å². The average Bonchev–Trinajstić information content (AvgIpc) is 2.60. The summed E-state index contributed by atoms with van der Waals surface area (Å²) in [7, 11) is 0. The van der Waals surface area contributed by atoms with E-state index in [0.29, 0.717) is 12.5 Å². The largest absolute Gasteiger partial charge is 0.493 e. The molecule has 0 saturated carbocycles. The third kappa shape index (κ3) is 4.04. The van der Waals surface area contributed by atoms with E-state index in [1.54, 1.807) is 6.07 Å². The molecular weight excluding hydrogens is 304 g/mol. The Morgan fingerprint density at radius 2 is 2.17 bits per heavy atom. The normalized spacial score (nSPS) is 17.5. The Morgan fingerprint density at radius 1 is 1.33 bits per heavy atom. The molecule has 2 aromatic rings. The Balaban J connectivity index is 1.62. The van der Waals surface area contributed by atoms with Gasteiger partial charge in [0.2, 0.25) is 0 Å². The molecule has 24 heavy (non-hydrogen) atoms. The molecule has 0 aliphatic carbocycles. The van der Waals surface area contributed by atoms with Crippen LogP contribution in [0, 0.1) is 12.8 Å². The lowest BCUT2D eigenvalue weighted by Gasteiger charge is -2.33. The van der Waals surface area contributed by atoms with E-state index in [4.69, 9.17) is 9.84 Å². The maximum absolute atomic E-state index is 11.1. The minimum atomic E-state index is -0.992. The zero-order chi connectivity index (χ0) is 16.9. The number of carbonyl (C=O) groups is 1. The third-order valence-electron chi connectivity index (χ3n) is 4.27. The number of rotatable bonds is 5. The monoisotopic (exact) mass is 326 g/mol. The minimum absolute atomic E-state index is 0.0886. The predicted octanol–water partition coefficient (Wildman–Crippen LogP) is 3.38. The number of nitrogens with zero attached hydrogens (tertiary/aromatic N) is 2. The van der Waals surface area contributed by atoms with Crippen LogP contribution in [0.4, 0.5) is 5.82 Å². The standard InChI is InChI=1S/C19H22N2O3/c1-14-5-2-7-16(11-14)24-13-15-6-4-10-21(12-15)18-9-3-8-17(20-18)19(22)23/h2-3,5,7-9,11,15H,4,6,10,12-13H2,1H3,(H,22,23)/t15-/m1/s1. The second-order valence-electron chi connectivity index (χ2n) is 6.27. The van der Waals surface area contributed by atoms with E-state index in [9.17, 15) is 4.79 Å². The molecule has 5 heteroatoms. The topological polar surface area (TPSA) is 62.7 Å². The van der Waals surface area contributed by atoms with Crippen molar-refractivity contribution < 1.29 is 14.6 Å². The van der Waals surface area contributed by atoms with E-state index in [0.717, 1.165) is 37.5 Å². The molecule has 5 nitrogen and oxygen atoms in total. The molecule has 0 unspecified atom stereocenters. The number of piperidine rings is 1. The Bertz CT molecular complexity index is 717. The van der Waals surface area contributed by atoms with Gasteiger partial charge in [0.05, 0.1) is 6.61 Å². The number of hydrogen-bond donors (Lipinski definition) is 1. The summed E-state index contributed by atoms with van der Waals surface area (Å²) >= 11 is 0. The fourth-order valence-electron chi connectivity index (χ4n) is 3.05. The highest BCUT2D eigenvalue weighted by Crippen LogP contribution is 2.23. The first-order valence-electron chi connectivity index (χ1n) is 8.26.